The molecule has 2 rings (SSSR count). The second-order valence-electron chi connectivity index (χ2n) is 4.42. The second-order valence-corrected chi connectivity index (χ2v) is 5.59. The Morgan fingerprint density at radius 1 is 1.22 bits per heavy atom. The van der Waals surface area contributed by atoms with E-state index in [0.717, 1.165) is 0 Å². The number of para-hydroxylation sites is 1. The van der Waals surface area contributed by atoms with Gasteiger partial charge >= 0.3 is 11.9 Å². The molecule has 120 valence electrons. The van der Waals surface area contributed by atoms with E-state index in [9.17, 15) is 24.6 Å². The van der Waals surface area contributed by atoms with Crippen molar-refractivity contribution in [1.82, 2.24) is 4.98 Å². The molecule has 8 nitrogen and oxygen atoms in total. The van der Waals surface area contributed by atoms with Crippen molar-refractivity contribution in [2.45, 2.75) is 0 Å². The number of rotatable bonds is 4. The fraction of sp³-hybridized carbons (Fsp3) is 0.0714. The fourth-order valence-corrected chi connectivity index (χ4v) is 2.95. The van der Waals surface area contributed by atoms with Crippen LogP contribution < -0.4 is 16.0 Å². The van der Waals surface area contributed by atoms with Crippen LogP contribution in [0, 0.1) is 3.57 Å². The maximum atomic E-state index is 12.0. The third-order valence-corrected chi connectivity index (χ3v) is 3.96. The lowest BCUT2D eigenvalue weighted by Gasteiger charge is -2.15. The molecule has 0 radical (unpaired) electrons. The highest BCUT2D eigenvalue weighted by molar-refractivity contribution is 14.1. The summed E-state index contributed by atoms with van der Waals surface area (Å²) in [5, 5.41) is 18.7. The molecule has 0 aliphatic rings. The molecule has 0 saturated carbocycles. The maximum absolute atomic E-state index is 12.0. The van der Waals surface area contributed by atoms with Gasteiger partial charge in [-0.05, 0) is 28.7 Å². The van der Waals surface area contributed by atoms with Crippen molar-refractivity contribution in [3.63, 3.8) is 0 Å². The summed E-state index contributed by atoms with van der Waals surface area (Å²) in [6.07, 6.45) is 0. The third-order valence-electron chi connectivity index (χ3n) is 3.11. The summed E-state index contributed by atoms with van der Waals surface area (Å²) >= 11 is 1.95. The Bertz CT molecular complexity index is 874. The molecule has 0 spiro atoms. The second kappa shape index (κ2) is 6.28. The van der Waals surface area contributed by atoms with E-state index in [2.05, 4.69) is 4.98 Å². The van der Waals surface area contributed by atoms with Crippen molar-refractivity contribution < 1.29 is 24.5 Å². The van der Waals surface area contributed by atoms with Crippen LogP contribution in [0.15, 0.2) is 23.0 Å². The fourth-order valence-electron chi connectivity index (χ4n) is 2.23. The van der Waals surface area contributed by atoms with E-state index in [4.69, 9.17) is 10.5 Å². The number of nitrogens with two attached hydrogens (primary N) is 1. The summed E-state index contributed by atoms with van der Waals surface area (Å²) in [7, 11) is 1.36. The maximum Gasteiger partial charge on any atom is 0.342 e. The molecule has 0 fully saturated rings. The minimum absolute atomic E-state index is 0.159. The van der Waals surface area contributed by atoms with Gasteiger partial charge in [0.15, 0.2) is 0 Å². The molecule has 0 aliphatic heterocycles. The van der Waals surface area contributed by atoms with E-state index < -0.39 is 34.4 Å². The molecule has 0 atom stereocenters. The monoisotopic (exact) mass is 430 g/mol. The minimum atomic E-state index is -1.57. The average molecular weight is 430 g/mol. The van der Waals surface area contributed by atoms with Crippen LogP contribution in [0.5, 0.6) is 5.75 Å². The van der Waals surface area contributed by atoms with Gasteiger partial charge < -0.3 is 25.7 Å². The molecule has 5 N–H and O–H groups in total. The number of H-pyrrole nitrogens is 1. The van der Waals surface area contributed by atoms with Crippen LogP contribution in [0.4, 0.5) is 5.82 Å². The zero-order valence-electron chi connectivity index (χ0n) is 11.7. The molecular formula is C14H11IN2O6. The van der Waals surface area contributed by atoms with Gasteiger partial charge in [-0.25, -0.2) is 9.59 Å². The summed E-state index contributed by atoms with van der Waals surface area (Å²) in [5.41, 5.74) is 3.26. The highest BCUT2D eigenvalue weighted by Gasteiger charge is 2.28. The topological polar surface area (TPSA) is 143 Å². The summed E-state index contributed by atoms with van der Waals surface area (Å²) in [4.78, 5) is 37.1. The number of aromatic nitrogens is 1. The van der Waals surface area contributed by atoms with Gasteiger partial charge in [0.1, 0.15) is 22.7 Å². The van der Waals surface area contributed by atoms with Gasteiger partial charge in [-0.1, -0.05) is 12.1 Å². The number of methoxy groups -OCH3 is 1. The Balaban J connectivity index is 3.07. The number of nitrogens with one attached hydrogen (secondary N) is 1. The first-order valence-corrected chi connectivity index (χ1v) is 7.22. The van der Waals surface area contributed by atoms with Crippen LogP contribution in [-0.4, -0.2) is 34.2 Å². The molecule has 23 heavy (non-hydrogen) atoms. The third kappa shape index (κ3) is 2.86. The highest BCUT2D eigenvalue weighted by Crippen LogP contribution is 2.38. The number of carboxylic acids is 2. The van der Waals surface area contributed by atoms with Crippen molar-refractivity contribution in [2.24, 2.45) is 0 Å². The zero-order chi connectivity index (χ0) is 17.3. The van der Waals surface area contributed by atoms with E-state index in [1.807, 2.05) is 22.6 Å². The van der Waals surface area contributed by atoms with Gasteiger partial charge in [-0.2, -0.15) is 0 Å². The van der Waals surface area contributed by atoms with E-state index in [0.29, 0.717) is 3.57 Å². The van der Waals surface area contributed by atoms with Gasteiger partial charge in [0.2, 0.25) is 0 Å². The largest absolute Gasteiger partial charge is 0.495 e. The van der Waals surface area contributed by atoms with Crippen LogP contribution in [0.3, 0.4) is 0 Å². The number of nitrogen functional groups attached to an aromatic ring is 1. The SMILES string of the molecule is COc1c(I)cccc1-c1c(C(=O)O)c(N)[nH]c(=O)c1C(=O)O. The average Bonchev–Trinajstić information content (AvgIpc) is 2.45. The highest BCUT2D eigenvalue weighted by atomic mass is 127. The van der Waals surface area contributed by atoms with Crippen molar-refractivity contribution in [2.75, 3.05) is 12.8 Å². The molecule has 1 aromatic carbocycles. The number of carbonyl (C=O) groups is 2. The summed E-state index contributed by atoms with van der Waals surface area (Å²) in [6.45, 7) is 0. The first kappa shape index (κ1) is 16.8. The number of hydrogen-bond acceptors (Lipinski definition) is 5. The molecule has 9 heteroatoms. The standard InChI is InChI=1S/C14H11IN2O6/c1-23-10-5(3-2-4-6(10)15)7-8(13(19)20)11(16)17-12(18)9(7)14(21)22/h2-4H,1H3,(H,19,20)(H,21,22)(H3,16,17,18). The molecule has 0 unspecified atom stereocenters. The van der Waals surface area contributed by atoms with Gasteiger partial charge in [-0.15, -0.1) is 0 Å². The number of pyridine rings is 1. The first-order chi connectivity index (χ1) is 10.8. The van der Waals surface area contributed by atoms with Crippen LogP contribution in [0.2, 0.25) is 0 Å². The number of halogens is 1. The van der Waals surface area contributed by atoms with Crippen LogP contribution in [0.25, 0.3) is 11.1 Å². The number of benzene rings is 1. The Kier molecular flexibility index (Phi) is 4.59. The van der Waals surface area contributed by atoms with Crippen molar-refractivity contribution in [1.29, 1.82) is 0 Å². The number of ether oxygens (including phenoxy) is 1. The molecule has 2 aromatic rings. The Morgan fingerprint density at radius 3 is 2.35 bits per heavy atom. The molecule has 0 bridgehead atoms. The number of hydrogen-bond donors (Lipinski definition) is 4. The smallest absolute Gasteiger partial charge is 0.342 e. The summed E-state index contributed by atoms with van der Waals surface area (Å²) in [6, 6.07) is 4.75. The zero-order valence-corrected chi connectivity index (χ0v) is 13.9. The lowest BCUT2D eigenvalue weighted by molar-refractivity contribution is 0.0695. The number of carboxylic acid groups (broad SMARTS) is 2. The molecule has 0 aliphatic carbocycles. The van der Waals surface area contributed by atoms with Crippen LogP contribution in [-0.2, 0) is 0 Å². The molecular weight excluding hydrogens is 419 g/mol. The Morgan fingerprint density at radius 2 is 1.83 bits per heavy atom. The van der Waals surface area contributed by atoms with Gasteiger partial charge in [0.25, 0.3) is 5.56 Å². The van der Waals surface area contributed by atoms with E-state index in [-0.39, 0.29) is 16.9 Å². The van der Waals surface area contributed by atoms with Crippen molar-refractivity contribution in [3.05, 3.63) is 43.2 Å². The lowest BCUT2D eigenvalue weighted by atomic mass is 9.95. The quantitative estimate of drug-likeness (QED) is 0.540. The predicted molar refractivity (Wildman–Crippen MR) is 90.1 cm³/mol. The number of aromatic amines is 1. The van der Waals surface area contributed by atoms with Crippen molar-refractivity contribution >= 4 is 40.3 Å². The van der Waals surface area contributed by atoms with Gasteiger partial charge in [0, 0.05) is 11.1 Å². The van der Waals surface area contributed by atoms with E-state index in [1.165, 1.54) is 13.2 Å². The molecule has 1 aromatic heterocycles. The van der Waals surface area contributed by atoms with Crippen molar-refractivity contribution in [3.8, 4) is 16.9 Å². The molecule has 1 heterocycles. The van der Waals surface area contributed by atoms with Crippen LogP contribution in [0.1, 0.15) is 20.7 Å². The minimum Gasteiger partial charge on any atom is -0.495 e. The normalized spacial score (nSPS) is 10.3. The molecule has 0 saturated heterocycles. The Hall–Kier alpha value is -2.56. The lowest BCUT2D eigenvalue weighted by Crippen LogP contribution is -2.24. The number of aromatic carboxylic acids is 2. The number of anilines is 1. The van der Waals surface area contributed by atoms with E-state index >= 15 is 0 Å². The molecule has 0 amide bonds. The summed E-state index contributed by atoms with van der Waals surface area (Å²) < 4.78 is 5.85. The first-order valence-electron chi connectivity index (χ1n) is 6.14. The Labute approximate surface area is 143 Å². The van der Waals surface area contributed by atoms with Crippen LogP contribution >= 0.6 is 22.6 Å². The predicted octanol–water partition coefficient (Wildman–Crippen LogP) is 1.63. The van der Waals surface area contributed by atoms with Gasteiger partial charge in [-0.3, -0.25) is 4.79 Å². The van der Waals surface area contributed by atoms with E-state index in [1.54, 1.807) is 12.1 Å². The summed E-state index contributed by atoms with van der Waals surface area (Å²) in [5.74, 6) is -3.20. The van der Waals surface area contributed by atoms with Gasteiger partial charge in [0.05, 0.1) is 10.7 Å².